The fourth-order valence-corrected chi connectivity index (χ4v) is 3.36. The Morgan fingerprint density at radius 2 is 1.71 bits per heavy atom. The largest absolute Gasteiger partial charge is 0.516 e. The molecule has 0 aliphatic rings. The molecule has 0 amide bonds. The van der Waals surface area contributed by atoms with E-state index in [-0.39, 0.29) is 11.3 Å². The van der Waals surface area contributed by atoms with Gasteiger partial charge >= 0.3 is 15.5 Å². The van der Waals surface area contributed by atoms with Crippen LogP contribution in [0.3, 0.4) is 0 Å². The highest BCUT2D eigenvalue weighted by molar-refractivity contribution is 7.93. The van der Waals surface area contributed by atoms with Gasteiger partial charge in [-0.3, -0.25) is 9.73 Å². The molecule has 2 rings (SSSR count). The van der Waals surface area contributed by atoms with Gasteiger partial charge in [0.05, 0.1) is 17.1 Å². The minimum absolute atomic E-state index is 0.171. The maximum Gasteiger partial charge on any atom is 0.516 e. The van der Waals surface area contributed by atoms with Gasteiger partial charge in [-0.1, -0.05) is 50.6 Å². The summed E-state index contributed by atoms with van der Waals surface area (Å²) in [6.45, 7) is 11.9. The third-order valence-corrected chi connectivity index (χ3v) is 5.31. The van der Waals surface area contributed by atoms with Gasteiger partial charge in [-0.05, 0) is 51.0 Å². The van der Waals surface area contributed by atoms with E-state index < -0.39 is 15.5 Å². The Morgan fingerprint density at radius 3 is 2.26 bits per heavy atom. The lowest BCUT2D eigenvalue weighted by atomic mass is 10.1. The summed E-state index contributed by atoms with van der Waals surface area (Å²) >= 11 is 0. The quantitative estimate of drug-likeness (QED) is 0.396. The van der Waals surface area contributed by atoms with Gasteiger partial charge in [0.2, 0.25) is 0 Å². The monoisotopic (exact) mass is 457 g/mol. The van der Waals surface area contributed by atoms with Crippen molar-refractivity contribution in [2.24, 2.45) is 5.10 Å². The Bertz CT molecular complexity index is 1000. The maximum atomic E-state index is 12.8. The number of alkyl halides is 3. The first-order chi connectivity index (χ1) is 14.5. The SMILES string of the molecule is CC.CCCN(/N=C(\C)c1cc(C)ccc1NS(=O)(=O)C(F)(F)F)c1ccccc1C. The van der Waals surface area contributed by atoms with Crippen molar-refractivity contribution in [1.29, 1.82) is 0 Å². The van der Waals surface area contributed by atoms with E-state index in [1.807, 2.05) is 52.0 Å². The highest BCUT2D eigenvalue weighted by atomic mass is 32.2. The van der Waals surface area contributed by atoms with Gasteiger partial charge in [0, 0.05) is 12.1 Å². The van der Waals surface area contributed by atoms with Crippen molar-refractivity contribution in [1.82, 2.24) is 0 Å². The number of para-hydroxylation sites is 1. The lowest BCUT2D eigenvalue weighted by Gasteiger charge is -2.22. The first kappa shape index (κ1) is 26.5. The molecule has 0 saturated heterocycles. The number of hydrazone groups is 1. The number of aryl methyl sites for hydroxylation is 2. The highest BCUT2D eigenvalue weighted by Crippen LogP contribution is 2.28. The molecule has 0 aliphatic heterocycles. The molecule has 0 saturated carbocycles. The molecular formula is C22H30F3N3O2S. The normalized spacial score (nSPS) is 12.1. The molecule has 0 atom stereocenters. The number of nitrogens with zero attached hydrogens (tertiary/aromatic N) is 2. The summed E-state index contributed by atoms with van der Waals surface area (Å²) in [5.41, 5.74) is -2.26. The third kappa shape index (κ3) is 6.99. The van der Waals surface area contributed by atoms with Crippen LogP contribution in [0.5, 0.6) is 0 Å². The number of nitrogens with one attached hydrogen (secondary N) is 1. The summed E-state index contributed by atoms with van der Waals surface area (Å²) in [6.07, 6.45) is 0.798. The molecule has 2 aromatic rings. The standard InChI is InChI=1S/C20H24F3N3O2S.C2H6/c1-5-12-26(19-9-7-6-8-15(19)3)24-16(4)17-13-14(2)10-11-18(17)25-29(27,28)20(21,22)23;1-2/h6-11,13,25H,5,12H2,1-4H3;1-2H3/b24-16+;. The lowest BCUT2D eigenvalue weighted by Crippen LogP contribution is -2.30. The predicted octanol–water partition coefficient (Wildman–Crippen LogP) is 6.23. The lowest BCUT2D eigenvalue weighted by molar-refractivity contribution is -0.0429. The van der Waals surface area contributed by atoms with Gasteiger partial charge in [0.1, 0.15) is 0 Å². The second-order valence-corrected chi connectivity index (χ2v) is 8.37. The summed E-state index contributed by atoms with van der Waals surface area (Å²) in [5.74, 6) is 0. The van der Waals surface area contributed by atoms with Crippen molar-refractivity contribution >= 4 is 27.1 Å². The fourth-order valence-electron chi connectivity index (χ4n) is 2.77. The molecule has 0 aliphatic carbocycles. The molecule has 2 aromatic carbocycles. The summed E-state index contributed by atoms with van der Waals surface area (Å²) in [7, 11) is -5.54. The van der Waals surface area contributed by atoms with Gasteiger partial charge in [-0.2, -0.15) is 26.7 Å². The average molecular weight is 458 g/mol. The average Bonchev–Trinajstić information content (AvgIpc) is 2.70. The van der Waals surface area contributed by atoms with Gasteiger partial charge in [0.25, 0.3) is 0 Å². The molecular weight excluding hydrogens is 427 g/mol. The highest BCUT2D eigenvalue weighted by Gasteiger charge is 2.46. The summed E-state index contributed by atoms with van der Waals surface area (Å²) < 4.78 is 63.3. The molecule has 1 N–H and O–H groups in total. The first-order valence-electron chi connectivity index (χ1n) is 10.0. The maximum absolute atomic E-state index is 12.8. The van der Waals surface area contributed by atoms with Crippen molar-refractivity contribution in [3.05, 3.63) is 59.2 Å². The van der Waals surface area contributed by atoms with Crippen molar-refractivity contribution in [2.45, 2.75) is 53.5 Å². The van der Waals surface area contributed by atoms with Crippen LogP contribution in [0, 0.1) is 13.8 Å². The van der Waals surface area contributed by atoms with E-state index in [1.165, 1.54) is 12.1 Å². The van der Waals surface area contributed by atoms with Crippen molar-refractivity contribution in [3.8, 4) is 0 Å². The van der Waals surface area contributed by atoms with Crippen LogP contribution in [-0.4, -0.2) is 26.2 Å². The van der Waals surface area contributed by atoms with Crippen LogP contribution >= 0.6 is 0 Å². The van der Waals surface area contributed by atoms with Gasteiger partial charge in [-0.15, -0.1) is 0 Å². The predicted molar refractivity (Wildman–Crippen MR) is 122 cm³/mol. The molecule has 0 spiro atoms. The molecule has 0 aromatic heterocycles. The Balaban J connectivity index is 0.00000233. The molecule has 5 nitrogen and oxygen atoms in total. The Labute approximate surface area is 183 Å². The van der Waals surface area contributed by atoms with Crippen LogP contribution in [0.2, 0.25) is 0 Å². The topological polar surface area (TPSA) is 61.8 Å². The minimum atomic E-state index is -5.54. The van der Waals surface area contributed by atoms with Crippen LogP contribution in [0.25, 0.3) is 0 Å². The summed E-state index contributed by atoms with van der Waals surface area (Å²) in [4.78, 5) is 0. The molecule has 0 radical (unpaired) electrons. The number of sulfonamides is 1. The van der Waals surface area contributed by atoms with Crippen LogP contribution in [-0.2, 0) is 10.0 Å². The number of anilines is 2. The second-order valence-electron chi connectivity index (χ2n) is 6.70. The van der Waals surface area contributed by atoms with Crippen molar-refractivity contribution in [3.63, 3.8) is 0 Å². The molecule has 9 heteroatoms. The molecule has 31 heavy (non-hydrogen) atoms. The third-order valence-electron chi connectivity index (χ3n) is 4.21. The van der Waals surface area contributed by atoms with Crippen molar-refractivity contribution < 1.29 is 21.6 Å². The molecule has 0 heterocycles. The molecule has 0 unspecified atom stereocenters. The zero-order valence-corrected chi connectivity index (χ0v) is 19.5. The molecule has 0 fully saturated rings. The van der Waals surface area contributed by atoms with E-state index >= 15 is 0 Å². The van der Waals surface area contributed by atoms with E-state index in [9.17, 15) is 21.6 Å². The molecule has 0 bridgehead atoms. The Morgan fingerprint density at radius 1 is 1.10 bits per heavy atom. The van der Waals surface area contributed by atoms with E-state index in [2.05, 4.69) is 5.10 Å². The second kappa shape index (κ2) is 11.2. The number of halogens is 3. The summed E-state index contributed by atoms with van der Waals surface area (Å²) in [6, 6.07) is 12.1. The Kier molecular flexibility index (Phi) is 9.55. The number of rotatable bonds is 7. The van der Waals surface area contributed by atoms with Crippen molar-refractivity contribution in [2.75, 3.05) is 16.3 Å². The zero-order valence-electron chi connectivity index (χ0n) is 18.7. The number of hydrogen-bond donors (Lipinski definition) is 1. The van der Waals surface area contributed by atoms with Gasteiger partial charge in [-0.25, -0.2) is 0 Å². The van der Waals surface area contributed by atoms with E-state index in [1.54, 1.807) is 29.6 Å². The van der Waals surface area contributed by atoms with Crippen LogP contribution < -0.4 is 9.73 Å². The van der Waals surface area contributed by atoms with Crippen LogP contribution in [0.15, 0.2) is 47.6 Å². The first-order valence-corrected chi connectivity index (χ1v) is 11.5. The zero-order chi connectivity index (χ0) is 23.8. The molecule has 172 valence electrons. The van der Waals surface area contributed by atoms with E-state index in [0.717, 1.165) is 23.2 Å². The number of benzene rings is 2. The fraction of sp³-hybridized carbons (Fsp3) is 0.409. The minimum Gasteiger partial charge on any atom is -0.275 e. The van der Waals surface area contributed by atoms with E-state index in [4.69, 9.17) is 0 Å². The summed E-state index contributed by atoms with van der Waals surface area (Å²) in [5, 5.41) is 6.37. The Hall–Kier alpha value is -2.55. The van der Waals surface area contributed by atoms with Crippen LogP contribution in [0.4, 0.5) is 24.5 Å². The van der Waals surface area contributed by atoms with Crippen LogP contribution in [0.1, 0.15) is 50.8 Å². The smallest absolute Gasteiger partial charge is 0.275 e. The van der Waals surface area contributed by atoms with Gasteiger partial charge < -0.3 is 0 Å². The van der Waals surface area contributed by atoms with Gasteiger partial charge in [0.15, 0.2) is 0 Å². The van der Waals surface area contributed by atoms with E-state index in [0.29, 0.717) is 12.3 Å². The number of hydrogen-bond acceptors (Lipinski definition) is 4.